The number of para-hydroxylation sites is 1. The lowest BCUT2D eigenvalue weighted by atomic mass is 10.0. The van der Waals surface area contributed by atoms with Crippen molar-refractivity contribution in [3.05, 3.63) is 115 Å². The Bertz CT molecular complexity index is 1740. The SMILES string of the molecule is Cc1ccc(-n2c3ccccc3c3ccc(-c4cccc(P(C)(=O)c5ccccn5)c4)cc32)nc1. The van der Waals surface area contributed by atoms with Gasteiger partial charge in [0.25, 0.3) is 0 Å². The molecule has 0 saturated heterocycles. The van der Waals surface area contributed by atoms with Gasteiger partial charge in [-0.1, -0.05) is 60.7 Å². The molecular formula is C30H24N3OP. The maximum Gasteiger partial charge on any atom is 0.157 e. The monoisotopic (exact) mass is 473 g/mol. The lowest BCUT2D eigenvalue weighted by molar-refractivity contribution is 0.590. The third-order valence-corrected chi connectivity index (χ3v) is 8.96. The Morgan fingerprint density at radius 2 is 1.51 bits per heavy atom. The molecule has 0 bridgehead atoms. The van der Waals surface area contributed by atoms with Gasteiger partial charge in [0.2, 0.25) is 0 Å². The number of hydrogen-bond donors (Lipinski definition) is 0. The maximum absolute atomic E-state index is 13.7. The molecule has 6 rings (SSSR count). The largest absolute Gasteiger partial charge is 0.312 e. The Kier molecular flexibility index (Phi) is 5.12. The predicted molar refractivity (Wildman–Crippen MR) is 146 cm³/mol. The van der Waals surface area contributed by atoms with Crippen LogP contribution in [-0.4, -0.2) is 21.2 Å². The van der Waals surface area contributed by atoms with Crippen LogP contribution < -0.4 is 10.7 Å². The molecule has 0 radical (unpaired) electrons. The highest BCUT2D eigenvalue weighted by atomic mass is 31.2. The van der Waals surface area contributed by atoms with Gasteiger partial charge in [-0.25, -0.2) is 4.98 Å². The minimum absolute atomic E-state index is 0.623. The molecule has 0 aliphatic carbocycles. The molecule has 35 heavy (non-hydrogen) atoms. The molecule has 0 aliphatic rings. The summed E-state index contributed by atoms with van der Waals surface area (Å²) in [5, 5.41) is 3.17. The predicted octanol–water partition coefficient (Wildman–Crippen LogP) is 6.49. The molecule has 3 aromatic carbocycles. The molecule has 0 amide bonds. The van der Waals surface area contributed by atoms with Crippen LogP contribution in [0, 0.1) is 6.92 Å². The molecule has 5 heteroatoms. The first-order chi connectivity index (χ1) is 17.0. The molecular weight excluding hydrogens is 449 g/mol. The summed E-state index contributed by atoms with van der Waals surface area (Å²) >= 11 is 0. The second kappa shape index (κ2) is 8.33. The molecule has 1 atom stereocenters. The molecule has 3 aromatic heterocycles. The number of fused-ring (bicyclic) bond motifs is 3. The first-order valence-electron chi connectivity index (χ1n) is 11.6. The Morgan fingerprint density at radius 1 is 0.714 bits per heavy atom. The quantitative estimate of drug-likeness (QED) is 0.275. The third-order valence-electron chi connectivity index (χ3n) is 6.56. The standard InChI is InChI=1S/C30H24N3OP/c1-21-13-16-29(32-20-21)33-27-11-4-3-10-25(27)26-15-14-23(19-28(26)33)22-8-7-9-24(18-22)35(2,34)30-12-5-6-17-31-30/h3-20H,1-2H3. The molecule has 6 aromatic rings. The normalized spacial score (nSPS) is 13.2. The molecule has 1 unspecified atom stereocenters. The lowest BCUT2D eigenvalue weighted by Crippen LogP contribution is -2.17. The van der Waals surface area contributed by atoms with E-state index in [4.69, 9.17) is 4.98 Å². The number of rotatable bonds is 4. The van der Waals surface area contributed by atoms with Crippen molar-refractivity contribution in [3.8, 4) is 16.9 Å². The highest BCUT2D eigenvalue weighted by molar-refractivity contribution is 7.77. The van der Waals surface area contributed by atoms with E-state index in [1.165, 1.54) is 10.8 Å². The third kappa shape index (κ3) is 3.67. The number of nitrogens with zero attached hydrogens (tertiary/aromatic N) is 3. The highest BCUT2D eigenvalue weighted by Crippen LogP contribution is 2.39. The molecule has 0 spiro atoms. The topological polar surface area (TPSA) is 47.8 Å². The van der Waals surface area contributed by atoms with Crippen molar-refractivity contribution in [1.82, 2.24) is 14.5 Å². The summed E-state index contributed by atoms with van der Waals surface area (Å²) in [6.07, 6.45) is 3.60. The van der Waals surface area contributed by atoms with Crippen molar-refractivity contribution in [2.45, 2.75) is 6.92 Å². The number of pyridine rings is 2. The van der Waals surface area contributed by atoms with E-state index in [0.717, 1.165) is 38.8 Å². The summed E-state index contributed by atoms with van der Waals surface area (Å²) in [7, 11) is -2.80. The van der Waals surface area contributed by atoms with Crippen LogP contribution in [0.5, 0.6) is 0 Å². The van der Waals surface area contributed by atoms with Gasteiger partial charge >= 0.3 is 0 Å². The summed E-state index contributed by atoms with van der Waals surface area (Å²) in [6.45, 7) is 3.84. The van der Waals surface area contributed by atoms with Crippen molar-refractivity contribution in [1.29, 1.82) is 0 Å². The van der Waals surface area contributed by atoms with Crippen molar-refractivity contribution in [3.63, 3.8) is 0 Å². The molecule has 0 saturated carbocycles. The van der Waals surface area contributed by atoms with Crippen LogP contribution in [-0.2, 0) is 4.57 Å². The van der Waals surface area contributed by atoms with E-state index >= 15 is 0 Å². The first-order valence-corrected chi connectivity index (χ1v) is 13.7. The van der Waals surface area contributed by atoms with Gasteiger partial charge < -0.3 is 4.57 Å². The minimum Gasteiger partial charge on any atom is -0.312 e. The highest BCUT2D eigenvalue weighted by Gasteiger charge is 2.23. The van der Waals surface area contributed by atoms with E-state index in [-0.39, 0.29) is 0 Å². The maximum atomic E-state index is 13.7. The summed E-state index contributed by atoms with van der Waals surface area (Å²) < 4.78 is 15.9. The van der Waals surface area contributed by atoms with E-state index in [9.17, 15) is 4.57 Å². The fourth-order valence-electron chi connectivity index (χ4n) is 4.68. The van der Waals surface area contributed by atoms with E-state index < -0.39 is 7.14 Å². The number of aryl methyl sites for hydroxylation is 1. The van der Waals surface area contributed by atoms with Gasteiger partial charge in [-0.3, -0.25) is 9.55 Å². The Balaban J connectivity index is 1.54. The van der Waals surface area contributed by atoms with Crippen molar-refractivity contribution < 1.29 is 4.57 Å². The van der Waals surface area contributed by atoms with Crippen molar-refractivity contribution in [2.75, 3.05) is 6.66 Å². The fourth-order valence-corrected chi connectivity index (χ4v) is 6.36. The molecule has 3 heterocycles. The van der Waals surface area contributed by atoms with Crippen molar-refractivity contribution in [2.24, 2.45) is 0 Å². The Morgan fingerprint density at radius 3 is 2.31 bits per heavy atom. The van der Waals surface area contributed by atoms with Gasteiger partial charge in [0.15, 0.2) is 7.14 Å². The summed E-state index contributed by atoms with van der Waals surface area (Å²) in [5.74, 6) is 0.890. The summed E-state index contributed by atoms with van der Waals surface area (Å²) in [5.41, 5.74) is 6.06. The Hall–Kier alpha value is -4.01. The number of hydrogen-bond acceptors (Lipinski definition) is 3. The van der Waals surface area contributed by atoms with Gasteiger partial charge in [0.1, 0.15) is 11.3 Å². The molecule has 170 valence electrons. The zero-order valence-corrected chi connectivity index (χ0v) is 20.5. The van der Waals surface area contributed by atoms with Crippen molar-refractivity contribution >= 4 is 39.7 Å². The van der Waals surface area contributed by atoms with Crippen LogP contribution >= 0.6 is 7.14 Å². The lowest BCUT2D eigenvalue weighted by Gasteiger charge is -2.14. The number of aromatic nitrogens is 3. The molecule has 0 fully saturated rings. The summed E-state index contributed by atoms with van der Waals surface area (Å²) in [4.78, 5) is 9.09. The van der Waals surface area contributed by atoms with Gasteiger partial charge in [-0.05, 0) is 66.7 Å². The fraction of sp³-hybridized carbons (Fsp3) is 0.0667. The average Bonchev–Trinajstić information content (AvgIpc) is 3.23. The van der Waals surface area contributed by atoms with Gasteiger partial charge in [0, 0.05) is 28.5 Å². The first kappa shape index (κ1) is 21.5. The summed E-state index contributed by atoms with van der Waals surface area (Å²) in [6, 6.07) is 32.7. The van der Waals surface area contributed by atoms with E-state index in [0.29, 0.717) is 5.44 Å². The van der Waals surface area contributed by atoms with Gasteiger partial charge in [0.05, 0.1) is 11.0 Å². The van der Waals surface area contributed by atoms with E-state index in [1.807, 2.05) is 49.5 Å². The molecule has 0 N–H and O–H groups in total. The molecule has 0 aliphatic heterocycles. The van der Waals surface area contributed by atoms with Crippen LogP contribution in [0.2, 0.25) is 0 Å². The zero-order valence-electron chi connectivity index (χ0n) is 19.6. The van der Waals surface area contributed by atoms with Crippen LogP contribution in [0.1, 0.15) is 5.56 Å². The van der Waals surface area contributed by atoms with Gasteiger partial charge in [-0.2, -0.15) is 0 Å². The Labute approximate surface area is 204 Å². The van der Waals surface area contributed by atoms with Crippen LogP contribution in [0.3, 0.4) is 0 Å². The van der Waals surface area contributed by atoms with Crippen LogP contribution in [0.25, 0.3) is 38.8 Å². The zero-order chi connectivity index (χ0) is 24.0. The second-order valence-electron chi connectivity index (χ2n) is 8.94. The smallest absolute Gasteiger partial charge is 0.157 e. The van der Waals surface area contributed by atoms with Crippen LogP contribution in [0.4, 0.5) is 0 Å². The van der Waals surface area contributed by atoms with Crippen LogP contribution in [0.15, 0.2) is 109 Å². The average molecular weight is 474 g/mol. The van der Waals surface area contributed by atoms with E-state index in [1.54, 1.807) is 12.9 Å². The number of benzene rings is 3. The molecule has 4 nitrogen and oxygen atoms in total. The van der Waals surface area contributed by atoms with Gasteiger partial charge in [-0.15, -0.1) is 0 Å². The van der Waals surface area contributed by atoms with E-state index in [2.05, 4.69) is 70.2 Å². The minimum atomic E-state index is -2.80. The second-order valence-corrected chi connectivity index (χ2v) is 11.8.